The number of rotatable bonds is 7. The highest BCUT2D eigenvalue weighted by atomic mass is 16.5. The van der Waals surface area contributed by atoms with Crippen molar-refractivity contribution in [2.24, 2.45) is 11.3 Å². The van der Waals surface area contributed by atoms with Gasteiger partial charge in [-0.2, -0.15) is 0 Å². The summed E-state index contributed by atoms with van der Waals surface area (Å²) < 4.78 is 5.54. The molecular weight excluding hydrogens is 342 g/mol. The zero-order valence-corrected chi connectivity index (χ0v) is 17.0. The third-order valence-corrected chi connectivity index (χ3v) is 6.34. The molecule has 5 heteroatoms. The van der Waals surface area contributed by atoms with Crippen LogP contribution in [0.5, 0.6) is 5.75 Å². The molecule has 1 saturated heterocycles. The van der Waals surface area contributed by atoms with Gasteiger partial charge in [0.15, 0.2) is 0 Å². The molecule has 0 aromatic heterocycles. The van der Waals surface area contributed by atoms with Crippen molar-refractivity contribution >= 4 is 5.97 Å². The normalized spacial score (nSPS) is 26.4. The van der Waals surface area contributed by atoms with Gasteiger partial charge >= 0.3 is 5.97 Å². The van der Waals surface area contributed by atoms with E-state index in [1.165, 1.54) is 11.1 Å². The number of hydrogen-bond donors (Lipinski definition) is 2. The minimum atomic E-state index is -1.03. The van der Waals surface area contributed by atoms with E-state index in [0.717, 1.165) is 30.7 Å². The first kappa shape index (κ1) is 20.2. The molecule has 1 heterocycles. The van der Waals surface area contributed by atoms with Gasteiger partial charge in [0.25, 0.3) is 0 Å². The van der Waals surface area contributed by atoms with Crippen molar-refractivity contribution in [3.8, 4) is 5.75 Å². The largest absolute Gasteiger partial charge is 0.496 e. The van der Waals surface area contributed by atoms with Crippen LogP contribution in [-0.4, -0.2) is 47.4 Å². The van der Waals surface area contributed by atoms with E-state index in [1.54, 1.807) is 7.11 Å². The Bertz CT molecular complexity index is 698. The maximum atomic E-state index is 12.1. The van der Waals surface area contributed by atoms with Gasteiger partial charge in [0.05, 0.1) is 13.2 Å². The number of aryl methyl sites for hydroxylation is 1. The minimum absolute atomic E-state index is 0.357. The van der Waals surface area contributed by atoms with Crippen LogP contribution in [-0.2, 0) is 11.3 Å². The van der Waals surface area contributed by atoms with Gasteiger partial charge in [-0.15, -0.1) is 0 Å². The lowest BCUT2D eigenvalue weighted by Gasteiger charge is -2.43. The van der Waals surface area contributed by atoms with Crippen molar-refractivity contribution in [3.05, 3.63) is 28.8 Å². The Morgan fingerprint density at radius 3 is 2.59 bits per heavy atom. The van der Waals surface area contributed by atoms with Crippen molar-refractivity contribution in [2.45, 2.75) is 65.0 Å². The maximum absolute atomic E-state index is 12.1. The van der Waals surface area contributed by atoms with Crippen LogP contribution in [0.2, 0.25) is 0 Å². The standard InChI is InChI=1S/C22H33NO4/c1-14(2)18-10-17(15(3)9-19(18)27-4)12-23-8-7-20(24)22(13-23,21(25)26)11-16-5-6-16/h9-10,14,16,20,24H,5-8,11-13H2,1-4H3,(H,25,26)/t20-,22-/m1/s1. The molecule has 1 saturated carbocycles. The lowest BCUT2D eigenvalue weighted by atomic mass is 9.73. The number of carboxylic acids is 1. The lowest BCUT2D eigenvalue weighted by Crippen LogP contribution is -2.56. The second-order valence-electron chi connectivity index (χ2n) is 8.80. The molecule has 0 bridgehead atoms. The molecule has 1 aliphatic heterocycles. The van der Waals surface area contributed by atoms with E-state index in [2.05, 4.69) is 37.8 Å². The molecule has 27 heavy (non-hydrogen) atoms. The quantitative estimate of drug-likeness (QED) is 0.762. The van der Waals surface area contributed by atoms with Gasteiger partial charge in [-0.1, -0.05) is 32.8 Å². The fourth-order valence-corrected chi connectivity index (χ4v) is 4.42. The molecule has 3 rings (SSSR count). The minimum Gasteiger partial charge on any atom is -0.496 e. The van der Waals surface area contributed by atoms with Crippen molar-refractivity contribution < 1.29 is 19.7 Å². The number of aliphatic hydroxyl groups excluding tert-OH is 1. The number of nitrogens with zero attached hydrogens (tertiary/aromatic N) is 1. The molecule has 0 amide bonds. The molecule has 2 N–H and O–H groups in total. The van der Waals surface area contributed by atoms with Gasteiger partial charge in [-0.05, 0) is 54.4 Å². The predicted molar refractivity (Wildman–Crippen MR) is 105 cm³/mol. The summed E-state index contributed by atoms with van der Waals surface area (Å²) in [5.74, 6) is 0.885. The zero-order valence-electron chi connectivity index (χ0n) is 17.0. The SMILES string of the molecule is COc1cc(C)c(CN2CC[C@@H](O)[C@](CC3CC3)(C(=O)O)C2)cc1C(C)C. The molecule has 0 spiro atoms. The van der Waals surface area contributed by atoms with Crippen molar-refractivity contribution in [1.29, 1.82) is 0 Å². The predicted octanol–water partition coefficient (Wildman–Crippen LogP) is 3.56. The summed E-state index contributed by atoms with van der Waals surface area (Å²) in [4.78, 5) is 14.3. The average molecular weight is 376 g/mol. The van der Waals surface area contributed by atoms with Crippen LogP contribution >= 0.6 is 0 Å². The second-order valence-corrected chi connectivity index (χ2v) is 8.80. The van der Waals surface area contributed by atoms with E-state index >= 15 is 0 Å². The van der Waals surface area contributed by atoms with E-state index in [9.17, 15) is 15.0 Å². The highest BCUT2D eigenvalue weighted by Gasteiger charge is 2.51. The van der Waals surface area contributed by atoms with Gasteiger partial charge in [0.2, 0.25) is 0 Å². The van der Waals surface area contributed by atoms with Crippen molar-refractivity contribution in [1.82, 2.24) is 4.90 Å². The number of carboxylic acid groups (broad SMARTS) is 1. The Kier molecular flexibility index (Phi) is 5.82. The van der Waals surface area contributed by atoms with Crippen LogP contribution in [0.1, 0.15) is 62.1 Å². The van der Waals surface area contributed by atoms with Gasteiger partial charge in [0, 0.05) is 19.6 Å². The molecule has 5 nitrogen and oxygen atoms in total. The Hall–Kier alpha value is -1.59. The number of benzene rings is 1. The molecule has 1 aromatic rings. The third-order valence-electron chi connectivity index (χ3n) is 6.34. The van der Waals surface area contributed by atoms with Crippen LogP contribution in [0.15, 0.2) is 12.1 Å². The first-order valence-electron chi connectivity index (χ1n) is 10.1. The van der Waals surface area contributed by atoms with Crippen LogP contribution in [0.4, 0.5) is 0 Å². The smallest absolute Gasteiger partial charge is 0.313 e. The highest BCUT2D eigenvalue weighted by Crippen LogP contribution is 2.45. The van der Waals surface area contributed by atoms with E-state index < -0.39 is 17.5 Å². The lowest BCUT2D eigenvalue weighted by molar-refractivity contribution is -0.165. The molecule has 0 radical (unpaired) electrons. The highest BCUT2D eigenvalue weighted by molar-refractivity contribution is 5.76. The van der Waals surface area contributed by atoms with E-state index in [-0.39, 0.29) is 0 Å². The summed E-state index contributed by atoms with van der Waals surface area (Å²) in [6.07, 6.45) is 2.55. The topological polar surface area (TPSA) is 70.0 Å². The molecular formula is C22H33NO4. The van der Waals surface area contributed by atoms with Crippen LogP contribution in [0, 0.1) is 18.3 Å². The molecule has 1 aromatic carbocycles. The Labute approximate surface area is 162 Å². The number of likely N-dealkylation sites (tertiary alicyclic amines) is 1. The van der Waals surface area contributed by atoms with Gasteiger partial charge in [-0.25, -0.2) is 0 Å². The molecule has 150 valence electrons. The summed E-state index contributed by atoms with van der Waals surface area (Å²) in [6.45, 7) is 8.24. The van der Waals surface area contributed by atoms with Crippen molar-refractivity contribution in [3.63, 3.8) is 0 Å². The van der Waals surface area contributed by atoms with Gasteiger partial charge in [-0.3, -0.25) is 9.69 Å². The summed E-state index contributed by atoms with van der Waals surface area (Å²) >= 11 is 0. The Morgan fingerprint density at radius 1 is 1.33 bits per heavy atom. The monoisotopic (exact) mass is 375 g/mol. The first-order valence-corrected chi connectivity index (χ1v) is 10.1. The fraction of sp³-hybridized carbons (Fsp3) is 0.682. The number of carbonyl (C=O) groups is 1. The molecule has 1 aliphatic carbocycles. The summed E-state index contributed by atoms with van der Waals surface area (Å²) in [6, 6.07) is 4.28. The number of methoxy groups -OCH3 is 1. The van der Waals surface area contributed by atoms with E-state index in [4.69, 9.17) is 4.74 Å². The third kappa shape index (κ3) is 4.14. The molecule has 2 aliphatic rings. The summed E-state index contributed by atoms with van der Waals surface area (Å²) in [5.41, 5.74) is 2.52. The van der Waals surface area contributed by atoms with E-state index in [1.807, 2.05) is 0 Å². The number of hydrogen-bond acceptors (Lipinski definition) is 4. The van der Waals surface area contributed by atoms with Crippen molar-refractivity contribution in [2.75, 3.05) is 20.2 Å². The van der Waals surface area contributed by atoms with Gasteiger partial charge < -0.3 is 14.9 Å². The molecule has 0 unspecified atom stereocenters. The Balaban J connectivity index is 1.83. The maximum Gasteiger partial charge on any atom is 0.313 e. The fourth-order valence-electron chi connectivity index (χ4n) is 4.42. The second kappa shape index (κ2) is 7.80. The van der Waals surface area contributed by atoms with Crippen LogP contribution in [0.25, 0.3) is 0 Å². The molecule has 2 atom stereocenters. The van der Waals surface area contributed by atoms with Gasteiger partial charge in [0.1, 0.15) is 11.2 Å². The van der Waals surface area contributed by atoms with Crippen LogP contribution < -0.4 is 4.74 Å². The summed E-state index contributed by atoms with van der Waals surface area (Å²) in [7, 11) is 1.70. The number of ether oxygens (including phenoxy) is 1. The first-order chi connectivity index (χ1) is 12.8. The number of aliphatic carboxylic acids is 1. The zero-order chi connectivity index (χ0) is 19.8. The van der Waals surface area contributed by atoms with E-state index in [0.29, 0.717) is 37.8 Å². The summed E-state index contributed by atoms with van der Waals surface area (Å²) in [5, 5.41) is 20.5. The average Bonchev–Trinajstić information content (AvgIpc) is 3.42. The number of piperidine rings is 1. The molecule has 2 fully saturated rings. The Morgan fingerprint density at radius 2 is 2.04 bits per heavy atom. The number of aliphatic hydroxyl groups is 1. The van der Waals surface area contributed by atoms with Crippen LogP contribution in [0.3, 0.4) is 0 Å².